The van der Waals surface area contributed by atoms with Gasteiger partial charge in [-0.2, -0.15) is 0 Å². The minimum absolute atomic E-state index is 0.00788. The second kappa shape index (κ2) is 29.4. The van der Waals surface area contributed by atoms with Crippen molar-refractivity contribution in [2.75, 3.05) is 34.9 Å². The third-order valence-corrected chi connectivity index (χ3v) is 14.2. The Hall–Kier alpha value is -3.41. The molecule has 24 heteroatoms. The molecular formula is C50H83NO23. The van der Waals surface area contributed by atoms with Crippen LogP contribution in [-0.2, 0) is 66.6 Å². The van der Waals surface area contributed by atoms with Crippen molar-refractivity contribution >= 4 is 30.0 Å². The lowest BCUT2D eigenvalue weighted by atomic mass is 9.79. The van der Waals surface area contributed by atoms with Gasteiger partial charge in [-0.25, -0.2) is 9.59 Å². The van der Waals surface area contributed by atoms with Crippen LogP contribution >= 0.6 is 0 Å². The SMILES string of the molecule is CCC1OC(=O)CC(O)C(C)C(O[C@@H]2OC(C)C(O[C@@H]3C[C@@](C)(O)C(O)C(C)O3)C(N(C)C)C2O)C(CC=O)CC(C)C(=O)C=CC(C)=CC1COC1OC(C)C(O)C(OC)C1OC.O=C(O)C(O)C(O)C(=O)O. The highest BCUT2D eigenvalue weighted by atomic mass is 16.7. The van der Waals surface area contributed by atoms with Gasteiger partial charge in [0.1, 0.15) is 49.0 Å². The average molecular weight is 1070 g/mol. The summed E-state index contributed by atoms with van der Waals surface area (Å²) in [6.07, 6.45) is -13.0. The summed E-state index contributed by atoms with van der Waals surface area (Å²) in [5, 5.41) is 88.3. The fourth-order valence-electron chi connectivity index (χ4n) is 9.78. The number of carbonyl (C=O) groups is 5. The first-order valence-corrected chi connectivity index (χ1v) is 25.0. The zero-order valence-electron chi connectivity index (χ0n) is 44.4. The van der Waals surface area contributed by atoms with Gasteiger partial charge in [-0.1, -0.05) is 38.5 Å². The molecule has 0 aromatic heterocycles. The zero-order valence-corrected chi connectivity index (χ0v) is 44.4. The molecule has 3 saturated heterocycles. The van der Waals surface area contributed by atoms with Crippen LogP contribution in [0, 0.1) is 23.7 Å². The predicted octanol–water partition coefficient (Wildman–Crippen LogP) is -0.289. The van der Waals surface area contributed by atoms with Crippen molar-refractivity contribution in [1.29, 1.82) is 0 Å². The summed E-state index contributed by atoms with van der Waals surface area (Å²) in [6, 6.07) is -0.748. The highest BCUT2D eigenvalue weighted by Gasteiger charge is 2.52. The Bertz CT molecular complexity index is 1850. The minimum atomic E-state index is -2.27. The van der Waals surface area contributed by atoms with Crippen LogP contribution in [0.1, 0.15) is 87.5 Å². The van der Waals surface area contributed by atoms with E-state index in [0.29, 0.717) is 12.0 Å². The molecule has 23 atom stereocenters. The number of rotatable bonds is 16. The van der Waals surface area contributed by atoms with E-state index < -0.39 is 164 Å². The minimum Gasteiger partial charge on any atom is -0.479 e. The number of methoxy groups -OCH3 is 2. The molecule has 74 heavy (non-hydrogen) atoms. The van der Waals surface area contributed by atoms with Gasteiger partial charge in [0.25, 0.3) is 0 Å². The quantitative estimate of drug-likeness (QED) is 0.0708. The third-order valence-electron chi connectivity index (χ3n) is 14.2. The van der Waals surface area contributed by atoms with Crippen LogP contribution in [0.5, 0.6) is 0 Å². The van der Waals surface area contributed by atoms with Crippen LogP contribution in [0.2, 0.25) is 0 Å². The molecule has 0 amide bonds. The average Bonchev–Trinajstić information content (AvgIpc) is 3.33. The number of hydrogen-bond donors (Lipinski definition) is 9. The zero-order chi connectivity index (χ0) is 56.1. The predicted molar refractivity (Wildman–Crippen MR) is 258 cm³/mol. The lowest BCUT2D eigenvalue weighted by Crippen LogP contribution is -2.65. The molecule has 9 N–H and O–H groups in total. The van der Waals surface area contributed by atoms with Crippen molar-refractivity contribution in [3.63, 3.8) is 0 Å². The van der Waals surface area contributed by atoms with Crippen molar-refractivity contribution in [2.45, 2.75) is 203 Å². The first kappa shape index (κ1) is 64.9. The van der Waals surface area contributed by atoms with Gasteiger partial charge in [0.2, 0.25) is 0 Å². The Balaban J connectivity index is 0.00000130. The number of ether oxygens (including phenoxy) is 9. The monoisotopic (exact) mass is 1070 g/mol. The molecule has 0 radical (unpaired) electrons. The van der Waals surface area contributed by atoms with E-state index in [4.69, 9.17) is 63.1 Å². The van der Waals surface area contributed by atoms with E-state index in [9.17, 15) is 49.5 Å². The summed E-state index contributed by atoms with van der Waals surface area (Å²) in [4.78, 5) is 61.1. The maximum absolute atomic E-state index is 13.8. The number of carboxylic acid groups (broad SMARTS) is 2. The fourth-order valence-corrected chi connectivity index (χ4v) is 9.78. The van der Waals surface area contributed by atoms with E-state index in [0.717, 1.165) is 6.29 Å². The normalized spacial score (nSPS) is 40.7. The molecule has 0 bridgehead atoms. The molecule has 4 heterocycles. The molecule has 0 aromatic carbocycles. The number of ketones is 1. The third kappa shape index (κ3) is 17.3. The lowest BCUT2D eigenvalue weighted by molar-refractivity contribution is -0.341. The molecule has 426 valence electrons. The maximum Gasteiger partial charge on any atom is 0.335 e. The second-order valence-electron chi connectivity index (χ2n) is 20.3. The summed E-state index contributed by atoms with van der Waals surface area (Å²) < 4.78 is 54.7. The van der Waals surface area contributed by atoms with E-state index in [2.05, 4.69) is 0 Å². The van der Waals surface area contributed by atoms with Crippen LogP contribution in [0.4, 0.5) is 0 Å². The smallest absolute Gasteiger partial charge is 0.335 e. The highest BCUT2D eigenvalue weighted by molar-refractivity contribution is 5.91. The van der Waals surface area contributed by atoms with Crippen LogP contribution in [0.25, 0.3) is 0 Å². The van der Waals surface area contributed by atoms with Gasteiger partial charge in [0, 0.05) is 44.8 Å². The largest absolute Gasteiger partial charge is 0.479 e. The van der Waals surface area contributed by atoms with Gasteiger partial charge in [-0.05, 0) is 73.5 Å². The van der Waals surface area contributed by atoms with Crippen LogP contribution in [-0.4, -0.2) is 232 Å². The number of likely N-dealkylation sites (N-methyl/N-ethyl adjacent to an activating group) is 1. The Morgan fingerprint density at radius 1 is 0.838 bits per heavy atom. The van der Waals surface area contributed by atoms with E-state index in [1.165, 1.54) is 27.2 Å². The summed E-state index contributed by atoms with van der Waals surface area (Å²) in [7, 11) is 6.43. The van der Waals surface area contributed by atoms with E-state index in [-0.39, 0.29) is 31.7 Å². The Labute approximate surface area is 432 Å². The summed E-state index contributed by atoms with van der Waals surface area (Å²) >= 11 is 0. The second-order valence-corrected chi connectivity index (χ2v) is 20.3. The van der Waals surface area contributed by atoms with Crippen molar-refractivity contribution in [3.05, 3.63) is 23.8 Å². The first-order valence-electron chi connectivity index (χ1n) is 25.0. The van der Waals surface area contributed by atoms with Gasteiger partial charge >= 0.3 is 17.9 Å². The van der Waals surface area contributed by atoms with E-state index >= 15 is 0 Å². The van der Waals surface area contributed by atoms with E-state index in [1.807, 2.05) is 19.9 Å². The first-order chi connectivity index (χ1) is 34.5. The fraction of sp³-hybridized carbons (Fsp3) is 0.820. The van der Waals surface area contributed by atoms with Crippen molar-refractivity contribution in [3.8, 4) is 0 Å². The molecule has 4 aliphatic rings. The van der Waals surface area contributed by atoms with Crippen molar-refractivity contribution < 1.29 is 113 Å². The number of carboxylic acids is 2. The Kier molecular flexibility index (Phi) is 25.7. The number of aliphatic hydroxyl groups excluding tert-OH is 6. The molecule has 3 fully saturated rings. The molecule has 4 rings (SSSR count). The van der Waals surface area contributed by atoms with E-state index in [1.54, 1.807) is 59.7 Å². The Morgan fingerprint density at radius 2 is 1.43 bits per heavy atom. The van der Waals surface area contributed by atoms with Gasteiger partial charge in [-0.15, -0.1) is 0 Å². The van der Waals surface area contributed by atoms with Crippen LogP contribution in [0.3, 0.4) is 0 Å². The summed E-state index contributed by atoms with van der Waals surface area (Å²) in [5.74, 6) is -7.13. The standard InChI is InChI=1S/C46H77NO17.C4H6O6/c1-13-33-30(22-58-45-42(57-12)41(56-11)37(52)26(5)60-45)18-23(2)14-15-31(49)24(3)19-29(16-17-48)39(25(4)32(50)20-34(51)62-33)64-44-38(53)36(47(9)10)40(27(6)61-44)63-35-21-46(8,55)43(54)28(7)59-35;5-1(3(7)8)2(6)4(9)10/h14-15,17-18,24-30,32-33,35-45,50,52-55H,13,16,19-22H2,1-12H3;1-2,5-6H,(H,7,8)(H,9,10)/t24?,25?,26?,27?,28?,29?,30?,32?,33?,35-,36?,37?,38?,39?,40?,41?,42?,43?,44+,45?,46-;/m1./s1. The molecule has 20 unspecified atom stereocenters. The topological polar surface area (TPSA) is 354 Å². The summed E-state index contributed by atoms with van der Waals surface area (Å²) in [5.41, 5.74) is -0.806. The van der Waals surface area contributed by atoms with Gasteiger partial charge < -0.3 is 98.3 Å². The molecule has 0 saturated carbocycles. The number of esters is 1. The maximum atomic E-state index is 13.8. The number of hydrogen-bond acceptors (Lipinski definition) is 22. The molecule has 24 nitrogen and oxygen atoms in total. The van der Waals surface area contributed by atoms with Gasteiger partial charge in [0.05, 0.1) is 55.2 Å². The molecular weight excluding hydrogens is 983 g/mol. The number of carbonyl (C=O) groups excluding carboxylic acids is 3. The molecule has 4 aliphatic heterocycles. The number of aldehydes is 1. The molecule has 0 aliphatic carbocycles. The number of nitrogens with zero attached hydrogens (tertiary/aromatic N) is 1. The number of aliphatic carboxylic acids is 2. The number of cyclic esters (lactones) is 1. The number of allylic oxidation sites excluding steroid dienone is 3. The Morgan fingerprint density at radius 3 is 1.96 bits per heavy atom. The van der Waals surface area contributed by atoms with Crippen LogP contribution < -0.4 is 0 Å². The van der Waals surface area contributed by atoms with Gasteiger partial charge in [-0.3, -0.25) is 9.59 Å². The molecule has 0 spiro atoms. The van der Waals surface area contributed by atoms with Crippen LogP contribution in [0.15, 0.2) is 23.8 Å². The summed E-state index contributed by atoms with van der Waals surface area (Å²) in [6.45, 7) is 13.6. The molecule has 0 aromatic rings. The lowest BCUT2D eigenvalue weighted by Gasteiger charge is -2.50. The van der Waals surface area contributed by atoms with Crippen molar-refractivity contribution in [1.82, 2.24) is 4.90 Å². The number of aliphatic hydroxyl groups is 7. The van der Waals surface area contributed by atoms with Crippen molar-refractivity contribution in [2.24, 2.45) is 23.7 Å². The van der Waals surface area contributed by atoms with Gasteiger partial charge in [0.15, 0.2) is 36.9 Å². The highest BCUT2D eigenvalue weighted by Crippen LogP contribution is 2.37.